The molecule has 0 aromatic carbocycles. The van der Waals surface area contributed by atoms with Crippen LogP contribution < -0.4 is 4.72 Å². The molecule has 3 heterocycles. The summed E-state index contributed by atoms with van der Waals surface area (Å²) in [4.78, 5) is 4.31. The number of nitrogens with one attached hydrogen (secondary N) is 1. The van der Waals surface area contributed by atoms with Gasteiger partial charge in [0.2, 0.25) is 10.0 Å². The van der Waals surface area contributed by atoms with E-state index in [4.69, 9.17) is 4.74 Å². The van der Waals surface area contributed by atoms with Gasteiger partial charge < -0.3 is 9.30 Å². The Bertz CT molecular complexity index is 564. The summed E-state index contributed by atoms with van der Waals surface area (Å²) in [6.45, 7) is 2.21. The molecule has 118 valence electrons. The SMILES string of the molecule is O=S(=O)(CC[C@H]1CCCO1)NC[C@@H]1CCn2ccnc2C1. The number of hydrogen-bond donors (Lipinski definition) is 1. The lowest BCUT2D eigenvalue weighted by molar-refractivity contribution is 0.109. The number of sulfonamides is 1. The number of aromatic nitrogens is 2. The second-order valence-corrected chi connectivity index (χ2v) is 7.91. The molecule has 0 radical (unpaired) electrons. The zero-order valence-electron chi connectivity index (χ0n) is 12.2. The lowest BCUT2D eigenvalue weighted by Crippen LogP contribution is -2.35. The van der Waals surface area contributed by atoms with Crippen LogP contribution in [0.1, 0.15) is 31.5 Å². The lowest BCUT2D eigenvalue weighted by atomic mass is 9.98. The minimum Gasteiger partial charge on any atom is -0.378 e. The maximum atomic E-state index is 12.0. The van der Waals surface area contributed by atoms with Gasteiger partial charge in [-0.2, -0.15) is 0 Å². The largest absolute Gasteiger partial charge is 0.378 e. The summed E-state index contributed by atoms with van der Waals surface area (Å²) in [5.74, 6) is 1.57. The van der Waals surface area contributed by atoms with Gasteiger partial charge in [-0.15, -0.1) is 0 Å². The van der Waals surface area contributed by atoms with Crippen LogP contribution in [0, 0.1) is 5.92 Å². The summed E-state index contributed by atoms with van der Waals surface area (Å²) < 4.78 is 34.4. The van der Waals surface area contributed by atoms with Gasteiger partial charge in [-0.05, 0) is 31.6 Å². The van der Waals surface area contributed by atoms with Crippen molar-refractivity contribution in [2.45, 2.75) is 44.8 Å². The number of ether oxygens (including phenoxy) is 1. The molecule has 2 aliphatic rings. The molecule has 0 saturated carbocycles. The van der Waals surface area contributed by atoms with Crippen LogP contribution in [0.25, 0.3) is 0 Å². The van der Waals surface area contributed by atoms with Gasteiger partial charge in [0.25, 0.3) is 0 Å². The molecule has 2 atom stereocenters. The molecule has 0 amide bonds. The van der Waals surface area contributed by atoms with Gasteiger partial charge in [0, 0.05) is 38.5 Å². The highest BCUT2D eigenvalue weighted by atomic mass is 32.2. The number of rotatable bonds is 6. The third-order valence-corrected chi connectivity index (χ3v) is 5.76. The Kier molecular flexibility index (Phi) is 4.61. The second-order valence-electron chi connectivity index (χ2n) is 5.99. The first-order valence-corrected chi connectivity index (χ1v) is 9.36. The van der Waals surface area contributed by atoms with Crippen molar-refractivity contribution in [2.24, 2.45) is 5.92 Å². The molecule has 6 nitrogen and oxygen atoms in total. The number of hydrogen-bond acceptors (Lipinski definition) is 4. The molecule has 0 spiro atoms. The van der Waals surface area contributed by atoms with Gasteiger partial charge in [-0.1, -0.05) is 0 Å². The standard InChI is InChI=1S/C14H23N3O3S/c18-21(19,9-4-13-2-1-8-20-13)16-11-12-3-6-17-7-5-15-14(17)10-12/h5,7,12-13,16H,1-4,6,8-11H2/t12-,13-/m1/s1. The summed E-state index contributed by atoms with van der Waals surface area (Å²) in [7, 11) is -3.19. The van der Waals surface area contributed by atoms with Crippen LogP contribution in [0.3, 0.4) is 0 Å². The summed E-state index contributed by atoms with van der Waals surface area (Å²) in [6, 6.07) is 0. The molecule has 0 aliphatic carbocycles. The van der Waals surface area contributed by atoms with Gasteiger partial charge in [-0.25, -0.2) is 18.1 Å². The first-order chi connectivity index (χ1) is 10.1. The zero-order valence-corrected chi connectivity index (χ0v) is 13.0. The number of fused-ring (bicyclic) bond motifs is 1. The van der Waals surface area contributed by atoms with E-state index in [1.54, 1.807) is 0 Å². The molecule has 1 fully saturated rings. The highest BCUT2D eigenvalue weighted by Gasteiger charge is 2.23. The molecule has 1 aromatic heterocycles. The fraction of sp³-hybridized carbons (Fsp3) is 0.786. The molecule has 1 aromatic rings. The maximum absolute atomic E-state index is 12.0. The van der Waals surface area contributed by atoms with Gasteiger partial charge in [0.1, 0.15) is 5.82 Å². The van der Waals surface area contributed by atoms with Crippen LogP contribution in [-0.2, 0) is 27.7 Å². The van der Waals surface area contributed by atoms with Crippen LogP contribution in [0.4, 0.5) is 0 Å². The van der Waals surface area contributed by atoms with E-state index in [-0.39, 0.29) is 11.9 Å². The zero-order chi connectivity index (χ0) is 14.7. The number of nitrogens with zero attached hydrogens (tertiary/aromatic N) is 2. The van der Waals surface area contributed by atoms with Crippen LogP contribution in [0.5, 0.6) is 0 Å². The topological polar surface area (TPSA) is 73.2 Å². The molecule has 3 rings (SSSR count). The Morgan fingerprint density at radius 1 is 1.43 bits per heavy atom. The van der Waals surface area contributed by atoms with E-state index in [2.05, 4.69) is 14.3 Å². The van der Waals surface area contributed by atoms with Crippen molar-refractivity contribution < 1.29 is 13.2 Å². The minimum atomic E-state index is -3.19. The van der Waals surface area contributed by atoms with Crippen LogP contribution in [0.15, 0.2) is 12.4 Å². The first-order valence-electron chi connectivity index (χ1n) is 7.71. The monoisotopic (exact) mass is 313 g/mol. The Balaban J connectivity index is 1.43. The van der Waals surface area contributed by atoms with Gasteiger partial charge >= 0.3 is 0 Å². The van der Waals surface area contributed by atoms with Crippen LogP contribution in [0.2, 0.25) is 0 Å². The number of aryl methyl sites for hydroxylation is 1. The minimum absolute atomic E-state index is 0.128. The smallest absolute Gasteiger partial charge is 0.211 e. The van der Waals surface area contributed by atoms with Crippen molar-refractivity contribution in [3.05, 3.63) is 18.2 Å². The Morgan fingerprint density at radius 3 is 3.14 bits per heavy atom. The second kappa shape index (κ2) is 6.46. The van der Waals surface area contributed by atoms with E-state index in [1.165, 1.54) is 0 Å². The van der Waals surface area contributed by atoms with Crippen molar-refractivity contribution in [2.75, 3.05) is 18.9 Å². The van der Waals surface area contributed by atoms with Crippen molar-refractivity contribution in [3.8, 4) is 0 Å². The van der Waals surface area contributed by atoms with Crippen molar-refractivity contribution in [3.63, 3.8) is 0 Å². The molecule has 21 heavy (non-hydrogen) atoms. The molecule has 2 aliphatic heterocycles. The summed E-state index contributed by atoms with van der Waals surface area (Å²) in [6.07, 6.45) is 8.40. The lowest BCUT2D eigenvalue weighted by Gasteiger charge is -2.23. The van der Waals surface area contributed by atoms with E-state index in [0.717, 1.165) is 44.7 Å². The average molecular weight is 313 g/mol. The first kappa shape index (κ1) is 15.0. The third-order valence-electron chi connectivity index (χ3n) is 4.38. The van der Waals surface area contributed by atoms with Crippen molar-refractivity contribution in [1.82, 2.24) is 14.3 Å². The third kappa shape index (κ3) is 4.05. The Morgan fingerprint density at radius 2 is 2.33 bits per heavy atom. The molecule has 0 unspecified atom stereocenters. The van der Waals surface area contributed by atoms with E-state index < -0.39 is 10.0 Å². The summed E-state index contributed by atoms with van der Waals surface area (Å²) >= 11 is 0. The Hall–Kier alpha value is -0.920. The molecular weight excluding hydrogens is 290 g/mol. The quantitative estimate of drug-likeness (QED) is 0.848. The van der Waals surface area contributed by atoms with E-state index in [0.29, 0.717) is 18.9 Å². The normalized spacial score (nSPS) is 25.9. The maximum Gasteiger partial charge on any atom is 0.211 e. The molecule has 7 heteroatoms. The predicted octanol–water partition coefficient (Wildman–Crippen LogP) is 0.934. The highest BCUT2D eigenvalue weighted by molar-refractivity contribution is 7.89. The summed E-state index contributed by atoms with van der Waals surface area (Å²) in [5.41, 5.74) is 0. The molecule has 0 bridgehead atoms. The van der Waals surface area contributed by atoms with E-state index in [1.807, 2.05) is 12.4 Å². The Labute approximate surface area is 125 Å². The van der Waals surface area contributed by atoms with Gasteiger partial charge in [0.15, 0.2) is 0 Å². The summed E-state index contributed by atoms with van der Waals surface area (Å²) in [5, 5.41) is 0. The fourth-order valence-electron chi connectivity index (χ4n) is 3.07. The number of imidazole rings is 1. The van der Waals surface area contributed by atoms with Gasteiger partial charge in [-0.3, -0.25) is 0 Å². The van der Waals surface area contributed by atoms with Crippen molar-refractivity contribution in [1.29, 1.82) is 0 Å². The predicted molar refractivity (Wildman–Crippen MR) is 79.4 cm³/mol. The van der Waals surface area contributed by atoms with E-state index >= 15 is 0 Å². The van der Waals surface area contributed by atoms with Crippen LogP contribution >= 0.6 is 0 Å². The van der Waals surface area contributed by atoms with Crippen LogP contribution in [-0.4, -0.2) is 43.0 Å². The van der Waals surface area contributed by atoms with E-state index in [9.17, 15) is 8.42 Å². The molecule has 1 saturated heterocycles. The average Bonchev–Trinajstić information content (AvgIpc) is 3.13. The van der Waals surface area contributed by atoms with Gasteiger partial charge in [0.05, 0.1) is 11.9 Å². The highest BCUT2D eigenvalue weighted by Crippen LogP contribution is 2.19. The molecule has 1 N–H and O–H groups in total. The van der Waals surface area contributed by atoms with Crippen molar-refractivity contribution >= 4 is 10.0 Å². The molecular formula is C14H23N3O3S. The fourth-order valence-corrected chi connectivity index (χ4v) is 4.27.